The molecule has 0 aromatic rings. The third-order valence-electron chi connectivity index (χ3n) is 1.94. The van der Waals surface area contributed by atoms with Gasteiger partial charge in [-0.15, -0.1) is 0 Å². The van der Waals surface area contributed by atoms with Crippen LogP contribution in [0.1, 0.15) is 0 Å². The number of aliphatic hydroxyl groups excluding tert-OH is 4. The van der Waals surface area contributed by atoms with Crippen molar-refractivity contribution in [3.63, 3.8) is 0 Å². The van der Waals surface area contributed by atoms with Gasteiger partial charge in [0.1, 0.15) is 24.4 Å². The summed E-state index contributed by atoms with van der Waals surface area (Å²) in [5.74, 6) is 0. The van der Waals surface area contributed by atoms with Gasteiger partial charge in [0.15, 0.2) is 0 Å². The lowest BCUT2D eigenvalue weighted by Gasteiger charge is -2.38. The van der Waals surface area contributed by atoms with Crippen LogP contribution in [0.25, 0.3) is 0 Å². The molecule has 0 bridgehead atoms. The average molecular weight is 215 g/mol. The van der Waals surface area contributed by atoms with Crippen molar-refractivity contribution in [1.29, 1.82) is 0 Å². The standard InChI is InChI=1S/C6H11ClO6/c7-13-6-5(11)4(10)3(9)2(1-8)12-6/h2-6,8-11H,1H2. The van der Waals surface area contributed by atoms with Crippen LogP contribution in [-0.2, 0) is 9.03 Å². The zero-order chi connectivity index (χ0) is 10.0. The van der Waals surface area contributed by atoms with Gasteiger partial charge < -0.3 is 25.2 Å². The summed E-state index contributed by atoms with van der Waals surface area (Å²) >= 11 is 4.95. The normalized spacial score (nSPS) is 46.4. The second-order valence-corrected chi connectivity index (χ2v) is 2.96. The second kappa shape index (κ2) is 4.52. The van der Waals surface area contributed by atoms with Crippen molar-refractivity contribution < 1.29 is 29.5 Å². The highest BCUT2D eigenvalue weighted by molar-refractivity contribution is 6.07. The lowest BCUT2D eigenvalue weighted by atomic mass is 10.00. The molecule has 6 nitrogen and oxygen atoms in total. The minimum Gasteiger partial charge on any atom is -0.394 e. The molecule has 5 atom stereocenters. The fraction of sp³-hybridized carbons (Fsp3) is 1.00. The molecule has 1 aliphatic heterocycles. The van der Waals surface area contributed by atoms with Crippen molar-refractivity contribution >= 4 is 11.9 Å². The molecule has 0 spiro atoms. The third kappa shape index (κ3) is 2.10. The Balaban J connectivity index is 2.66. The fourth-order valence-electron chi connectivity index (χ4n) is 1.14. The predicted octanol–water partition coefficient (Wildman–Crippen LogP) is -2.04. The van der Waals surface area contributed by atoms with E-state index in [-0.39, 0.29) is 0 Å². The summed E-state index contributed by atoms with van der Waals surface area (Å²) < 4.78 is 8.99. The summed E-state index contributed by atoms with van der Waals surface area (Å²) in [6.45, 7) is -0.498. The van der Waals surface area contributed by atoms with E-state index in [1.807, 2.05) is 0 Å². The molecule has 1 aliphatic rings. The number of aliphatic hydroxyl groups is 4. The van der Waals surface area contributed by atoms with E-state index in [0.29, 0.717) is 0 Å². The molecule has 4 N–H and O–H groups in total. The van der Waals surface area contributed by atoms with Gasteiger partial charge in [0.05, 0.1) is 18.5 Å². The summed E-state index contributed by atoms with van der Waals surface area (Å²) in [6.07, 6.45) is -6.51. The molecule has 1 fully saturated rings. The van der Waals surface area contributed by atoms with Crippen molar-refractivity contribution in [3.8, 4) is 0 Å². The summed E-state index contributed by atoms with van der Waals surface area (Å²) in [6, 6.07) is 0. The van der Waals surface area contributed by atoms with Crippen molar-refractivity contribution in [2.45, 2.75) is 30.7 Å². The van der Waals surface area contributed by atoms with Crippen LogP contribution in [-0.4, -0.2) is 57.7 Å². The van der Waals surface area contributed by atoms with E-state index in [1.54, 1.807) is 0 Å². The minimum absolute atomic E-state index is 0.498. The van der Waals surface area contributed by atoms with E-state index in [9.17, 15) is 15.3 Å². The van der Waals surface area contributed by atoms with E-state index in [2.05, 4.69) is 4.29 Å². The maximum atomic E-state index is 9.23. The SMILES string of the molecule is OCC1OC(OCl)C(O)C(O)C1O. The van der Waals surface area contributed by atoms with Crippen molar-refractivity contribution in [3.05, 3.63) is 0 Å². The Kier molecular flexibility index (Phi) is 3.87. The van der Waals surface area contributed by atoms with Crippen LogP contribution in [0.15, 0.2) is 0 Å². The first kappa shape index (κ1) is 11.1. The van der Waals surface area contributed by atoms with Crippen LogP contribution in [0.5, 0.6) is 0 Å². The Morgan fingerprint density at radius 2 is 1.77 bits per heavy atom. The predicted molar refractivity (Wildman–Crippen MR) is 40.7 cm³/mol. The van der Waals surface area contributed by atoms with E-state index in [1.165, 1.54) is 0 Å². The maximum absolute atomic E-state index is 9.23. The molecular formula is C6H11ClO6. The van der Waals surface area contributed by atoms with Gasteiger partial charge in [-0.2, -0.15) is 0 Å². The largest absolute Gasteiger partial charge is 0.394 e. The average Bonchev–Trinajstić information content (AvgIpc) is 2.15. The molecule has 0 saturated carbocycles. The first-order chi connectivity index (χ1) is 6.11. The fourth-order valence-corrected chi connectivity index (χ4v) is 1.29. The van der Waals surface area contributed by atoms with Gasteiger partial charge >= 0.3 is 0 Å². The lowest BCUT2D eigenvalue weighted by Crippen LogP contribution is -2.58. The third-order valence-corrected chi connectivity index (χ3v) is 2.11. The van der Waals surface area contributed by atoms with Gasteiger partial charge in [-0.1, -0.05) is 0 Å². The van der Waals surface area contributed by atoms with Gasteiger partial charge in [-0.3, -0.25) is 0 Å². The van der Waals surface area contributed by atoms with Crippen LogP contribution in [0.4, 0.5) is 0 Å². The molecule has 5 unspecified atom stereocenters. The second-order valence-electron chi connectivity index (χ2n) is 2.79. The first-order valence-corrected chi connectivity index (χ1v) is 4.00. The Hall–Kier alpha value is 0.0500. The van der Waals surface area contributed by atoms with E-state index in [4.69, 9.17) is 21.7 Å². The number of hydrogen-bond acceptors (Lipinski definition) is 6. The van der Waals surface area contributed by atoms with Gasteiger partial charge in [0.2, 0.25) is 6.29 Å². The van der Waals surface area contributed by atoms with Crippen LogP contribution >= 0.6 is 11.9 Å². The smallest absolute Gasteiger partial charge is 0.206 e. The Labute approximate surface area is 79.4 Å². The van der Waals surface area contributed by atoms with E-state index < -0.39 is 37.3 Å². The molecule has 78 valence electrons. The number of halogens is 1. The molecule has 0 radical (unpaired) electrons. The van der Waals surface area contributed by atoms with Crippen LogP contribution < -0.4 is 0 Å². The molecule has 0 aliphatic carbocycles. The number of ether oxygens (including phenoxy) is 1. The van der Waals surface area contributed by atoms with E-state index >= 15 is 0 Å². The molecule has 0 aromatic carbocycles. The van der Waals surface area contributed by atoms with Gasteiger partial charge in [-0.05, 0) is 0 Å². The Bertz CT molecular complexity index is 147. The van der Waals surface area contributed by atoms with Crippen molar-refractivity contribution in [2.24, 2.45) is 0 Å². The summed E-state index contributed by atoms with van der Waals surface area (Å²) in [4.78, 5) is 0. The lowest BCUT2D eigenvalue weighted by molar-refractivity contribution is -0.276. The molecule has 0 amide bonds. The minimum atomic E-state index is -1.45. The molecule has 0 aromatic heterocycles. The first-order valence-electron chi connectivity index (χ1n) is 3.69. The van der Waals surface area contributed by atoms with E-state index in [0.717, 1.165) is 0 Å². The maximum Gasteiger partial charge on any atom is 0.206 e. The number of hydrogen-bond donors (Lipinski definition) is 4. The highest BCUT2D eigenvalue weighted by Gasteiger charge is 2.44. The summed E-state index contributed by atoms with van der Waals surface area (Å²) in [7, 11) is 0. The zero-order valence-electron chi connectivity index (χ0n) is 6.58. The van der Waals surface area contributed by atoms with Crippen molar-refractivity contribution in [2.75, 3.05) is 6.61 Å². The van der Waals surface area contributed by atoms with Crippen LogP contribution in [0.2, 0.25) is 0 Å². The zero-order valence-corrected chi connectivity index (χ0v) is 7.33. The summed E-state index contributed by atoms with van der Waals surface area (Å²) in [5.41, 5.74) is 0. The molecule has 1 saturated heterocycles. The van der Waals surface area contributed by atoms with Gasteiger partial charge in [0, 0.05) is 0 Å². The van der Waals surface area contributed by atoms with Gasteiger partial charge in [0.25, 0.3) is 0 Å². The molecule has 1 heterocycles. The monoisotopic (exact) mass is 214 g/mol. The van der Waals surface area contributed by atoms with Gasteiger partial charge in [-0.25, -0.2) is 4.29 Å². The van der Waals surface area contributed by atoms with Crippen LogP contribution in [0.3, 0.4) is 0 Å². The molecule has 1 rings (SSSR count). The Morgan fingerprint density at radius 3 is 2.23 bits per heavy atom. The highest BCUT2D eigenvalue weighted by atomic mass is 35.5. The summed E-state index contributed by atoms with van der Waals surface area (Å²) in [5, 5.41) is 36.3. The quantitative estimate of drug-likeness (QED) is 0.423. The topological polar surface area (TPSA) is 99.4 Å². The molecule has 13 heavy (non-hydrogen) atoms. The molecular weight excluding hydrogens is 204 g/mol. The molecule has 7 heteroatoms. The van der Waals surface area contributed by atoms with Crippen LogP contribution in [0, 0.1) is 0 Å². The van der Waals surface area contributed by atoms with Crippen molar-refractivity contribution in [1.82, 2.24) is 0 Å². The number of rotatable bonds is 2. The highest BCUT2D eigenvalue weighted by Crippen LogP contribution is 2.22. The Morgan fingerprint density at radius 1 is 1.15 bits per heavy atom.